The molecule has 1 aliphatic carbocycles. The van der Waals surface area contributed by atoms with E-state index in [0.717, 1.165) is 53.0 Å². The zero-order chi connectivity index (χ0) is 22.9. The Morgan fingerprint density at radius 2 is 1.94 bits per heavy atom. The number of nitrogens with zero attached hydrogens (tertiary/aromatic N) is 1. The van der Waals surface area contributed by atoms with Crippen LogP contribution in [0.2, 0.25) is 0 Å². The van der Waals surface area contributed by atoms with Gasteiger partial charge in [-0.15, -0.1) is 0 Å². The van der Waals surface area contributed by atoms with Crippen molar-refractivity contribution in [3.05, 3.63) is 52.6 Å². The fraction of sp³-hybridized carbons (Fsp3) is 0.440. The lowest BCUT2D eigenvalue weighted by Gasteiger charge is -2.47. The quantitative estimate of drug-likeness (QED) is 0.645. The smallest absolute Gasteiger partial charge is 0.323 e. The maximum atomic E-state index is 13.7. The molecule has 0 aromatic heterocycles. The molecular formula is C25H32N4O3. The number of rotatable bonds is 5. The molecule has 170 valence electrons. The number of nitrogens with two attached hydrogens (primary N) is 1. The molecule has 1 heterocycles. The summed E-state index contributed by atoms with van der Waals surface area (Å²) in [5.74, 6) is 0.574. The van der Waals surface area contributed by atoms with Crippen molar-refractivity contribution in [1.82, 2.24) is 4.90 Å². The van der Waals surface area contributed by atoms with Gasteiger partial charge in [0.1, 0.15) is 11.3 Å². The first-order valence-electron chi connectivity index (χ1n) is 11.3. The van der Waals surface area contributed by atoms with Gasteiger partial charge in [0.25, 0.3) is 0 Å². The number of ether oxygens (including phenoxy) is 1. The van der Waals surface area contributed by atoms with Gasteiger partial charge < -0.3 is 26.0 Å². The first-order valence-corrected chi connectivity index (χ1v) is 11.3. The van der Waals surface area contributed by atoms with Crippen molar-refractivity contribution in [2.24, 2.45) is 5.73 Å². The number of aryl methyl sites for hydroxylation is 1. The second-order valence-corrected chi connectivity index (χ2v) is 8.83. The van der Waals surface area contributed by atoms with Crippen LogP contribution in [0.3, 0.4) is 0 Å². The van der Waals surface area contributed by atoms with Crippen LogP contribution in [0.4, 0.5) is 16.2 Å². The van der Waals surface area contributed by atoms with E-state index >= 15 is 0 Å². The minimum atomic E-state index is -0.900. The van der Waals surface area contributed by atoms with Gasteiger partial charge in [0, 0.05) is 24.0 Å². The summed E-state index contributed by atoms with van der Waals surface area (Å²) in [5.41, 5.74) is 10.6. The third kappa shape index (κ3) is 3.81. The van der Waals surface area contributed by atoms with Crippen LogP contribution in [0.1, 0.15) is 54.4 Å². The molecule has 0 spiro atoms. The Labute approximate surface area is 189 Å². The van der Waals surface area contributed by atoms with Crippen LogP contribution in [0, 0.1) is 13.8 Å². The number of carbonyl (C=O) groups excluding carboxylic acids is 2. The molecular weight excluding hydrogens is 404 g/mol. The van der Waals surface area contributed by atoms with Crippen molar-refractivity contribution in [2.75, 3.05) is 17.7 Å². The molecule has 0 atom stereocenters. The SMILES string of the molecule is COc1cc(NC(=O)C2(N3Cc4c(ccc(CN)c4C)NC3=O)CCCCC2)ccc1C. The number of benzene rings is 2. The predicted molar refractivity (Wildman–Crippen MR) is 126 cm³/mol. The molecule has 0 bridgehead atoms. The standard InChI is InChI=1S/C25H32N4O3/c1-16-7-9-19(13-22(16)32-3)27-23(30)25(11-5-4-6-12-25)29-15-20-17(2)18(14-26)8-10-21(20)28-24(29)31/h7-10,13H,4-6,11-12,14-15,26H2,1-3H3,(H,27,30)(H,28,31). The highest BCUT2D eigenvalue weighted by Gasteiger charge is 2.48. The summed E-state index contributed by atoms with van der Waals surface area (Å²) in [6.07, 6.45) is 4.16. The van der Waals surface area contributed by atoms with Gasteiger partial charge in [0.05, 0.1) is 13.7 Å². The van der Waals surface area contributed by atoms with E-state index in [9.17, 15) is 9.59 Å². The lowest BCUT2D eigenvalue weighted by molar-refractivity contribution is -0.128. The van der Waals surface area contributed by atoms with Gasteiger partial charge in [-0.05, 0) is 61.1 Å². The van der Waals surface area contributed by atoms with Crippen molar-refractivity contribution >= 4 is 23.3 Å². The second kappa shape index (κ2) is 8.82. The predicted octanol–water partition coefficient (Wildman–Crippen LogP) is 4.46. The molecule has 4 N–H and O–H groups in total. The van der Waals surface area contributed by atoms with Gasteiger partial charge in [0.15, 0.2) is 0 Å². The normalized spacial score (nSPS) is 17.4. The molecule has 1 aliphatic heterocycles. The highest BCUT2D eigenvalue weighted by atomic mass is 16.5. The van der Waals surface area contributed by atoms with Crippen molar-refractivity contribution in [2.45, 2.75) is 64.6 Å². The number of hydrogen-bond acceptors (Lipinski definition) is 4. The van der Waals surface area contributed by atoms with Crippen molar-refractivity contribution in [3.63, 3.8) is 0 Å². The van der Waals surface area contributed by atoms with E-state index in [0.29, 0.717) is 31.6 Å². The van der Waals surface area contributed by atoms with E-state index in [2.05, 4.69) is 10.6 Å². The maximum Gasteiger partial charge on any atom is 0.323 e. The summed E-state index contributed by atoms with van der Waals surface area (Å²) >= 11 is 0. The number of amides is 3. The molecule has 7 heteroatoms. The van der Waals surface area contributed by atoms with Crippen LogP contribution in [0.15, 0.2) is 30.3 Å². The van der Waals surface area contributed by atoms with Crippen molar-refractivity contribution < 1.29 is 14.3 Å². The average molecular weight is 437 g/mol. The van der Waals surface area contributed by atoms with Crippen molar-refractivity contribution in [1.29, 1.82) is 0 Å². The van der Waals surface area contributed by atoms with E-state index in [1.54, 1.807) is 12.0 Å². The summed E-state index contributed by atoms with van der Waals surface area (Å²) < 4.78 is 5.41. The number of carbonyl (C=O) groups is 2. The zero-order valence-electron chi connectivity index (χ0n) is 19.1. The summed E-state index contributed by atoms with van der Waals surface area (Å²) in [7, 11) is 1.62. The molecule has 1 saturated carbocycles. The van der Waals surface area contributed by atoms with Crippen LogP contribution in [0.25, 0.3) is 0 Å². The zero-order valence-corrected chi connectivity index (χ0v) is 19.1. The lowest BCUT2D eigenvalue weighted by atomic mass is 9.78. The Hall–Kier alpha value is -3.06. The van der Waals surface area contributed by atoms with Crippen LogP contribution in [-0.4, -0.2) is 29.5 Å². The molecule has 2 aromatic carbocycles. The first kappa shape index (κ1) is 22.1. The molecule has 4 rings (SSSR count). The third-order valence-electron chi connectivity index (χ3n) is 7.02. The summed E-state index contributed by atoms with van der Waals surface area (Å²) in [6, 6.07) is 9.26. The lowest BCUT2D eigenvalue weighted by Crippen LogP contribution is -2.61. The number of urea groups is 1. The van der Waals surface area contributed by atoms with E-state index in [4.69, 9.17) is 10.5 Å². The molecule has 7 nitrogen and oxygen atoms in total. The van der Waals surface area contributed by atoms with Crippen LogP contribution < -0.4 is 21.1 Å². The van der Waals surface area contributed by atoms with E-state index < -0.39 is 5.54 Å². The third-order valence-corrected chi connectivity index (χ3v) is 7.02. The molecule has 3 amide bonds. The van der Waals surface area contributed by atoms with Crippen molar-refractivity contribution in [3.8, 4) is 5.75 Å². The van der Waals surface area contributed by atoms with E-state index in [-0.39, 0.29) is 11.9 Å². The molecule has 2 aromatic rings. The minimum absolute atomic E-state index is 0.144. The number of anilines is 2. The topological polar surface area (TPSA) is 96.7 Å². The van der Waals surface area contributed by atoms with Gasteiger partial charge in [-0.2, -0.15) is 0 Å². The molecule has 0 radical (unpaired) electrons. The Bertz CT molecular complexity index is 1040. The Morgan fingerprint density at radius 3 is 2.62 bits per heavy atom. The van der Waals surface area contributed by atoms with Crippen LogP contribution in [-0.2, 0) is 17.9 Å². The van der Waals surface area contributed by atoms with Gasteiger partial charge in [-0.25, -0.2) is 4.79 Å². The van der Waals surface area contributed by atoms with Crippen LogP contribution >= 0.6 is 0 Å². The molecule has 2 aliphatic rings. The van der Waals surface area contributed by atoms with Gasteiger partial charge >= 0.3 is 6.03 Å². The second-order valence-electron chi connectivity index (χ2n) is 8.83. The number of hydrogen-bond donors (Lipinski definition) is 3. The summed E-state index contributed by atoms with van der Waals surface area (Å²) in [5, 5.41) is 6.09. The summed E-state index contributed by atoms with van der Waals surface area (Å²) in [4.78, 5) is 28.7. The van der Waals surface area contributed by atoms with Gasteiger partial charge in [-0.3, -0.25) is 4.79 Å². The molecule has 1 fully saturated rings. The van der Waals surface area contributed by atoms with E-state index in [1.165, 1.54) is 0 Å². The first-order chi connectivity index (χ1) is 15.4. The maximum absolute atomic E-state index is 13.7. The largest absolute Gasteiger partial charge is 0.496 e. The minimum Gasteiger partial charge on any atom is -0.496 e. The number of fused-ring (bicyclic) bond motifs is 1. The Kier molecular flexibility index (Phi) is 6.11. The number of methoxy groups -OCH3 is 1. The fourth-order valence-corrected chi connectivity index (χ4v) is 5.01. The molecule has 0 unspecified atom stereocenters. The van der Waals surface area contributed by atoms with Gasteiger partial charge in [0.2, 0.25) is 5.91 Å². The summed E-state index contributed by atoms with van der Waals surface area (Å²) in [6.45, 7) is 4.82. The average Bonchev–Trinajstić information content (AvgIpc) is 2.80. The highest BCUT2D eigenvalue weighted by Crippen LogP contribution is 2.40. The molecule has 0 saturated heterocycles. The monoisotopic (exact) mass is 436 g/mol. The molecule has 32 heavy (non-hydrogen) atoms. The van der Waals surface area contributed by atoms with Crippen LogP contribution in [0.5, 0.6) is 5.75 Å². The number of nitrogens with one attached hydrogen (secondary N) is 2. The Morgan fingerprint density at radius 1 is 1.19 bits per heavy atom. The Balaban J connectivity index is 1.68. The fourth-order valence-electron chi connectivity index (χ4n) is 5.01. The van der Waals surface area contributed by atoms with Gasteiger partial charge in [-0.1, -0.05) is 31.4 Å². The van der Waals surface area contributed by atoms with E-state index in [1.807, 2.05) is 44.2 Å². The highest BCUT2D eigenvalue weighted by molar-refractivity contribution is 6.03.